The van der Waals surface area contributed by atoms with Gasteiger partial charge in [0.25, 0.3) is 0 Å². The number of nitrogens with one attached hydrogen (secondary N) is 1. The van der Waals surface area contributed by atoms with Crippen molar-refractivity contribution >= 4 is 27.4 Å². The summed E-state index contributed by atoms with van der Waals surface area (Å²) < 4.78 is 30.4. The van der Waals surface area contributed by atoms with Crippen molar-refractivity contribution in [1.82, 2.24) is 0 Å². The second-order valence-corrected chi connectivity index (χ2v) is 6.11. The summed E-state index contributed by atoms with van der Waals surface area (Å²) in [6, 6.07) is 3.37. The molecule has 0 aliphatic carbocycles. The monoisotopic (exact) mass is 286 g/mol. The second kappa shape index (κ2) is 5.92. The Kier molecular flexibility index (Phi) is 4.77. The average molecular weight is 286 g/mol. The van der Waals surface area contributed by atoms with Gasteiger partial charge in [-0.3, -0.25) is 9.52 Å². The number of nitrogens with two attached hydrogens (primary N) is 1. The largest absolute Gasteiger partial charge is 0.469 e. The molecule has 0 saturated heterocycles. The molecule has 0 aliphatic rings. The molecule has 1 aromatic carbocycles. The molecule has 0 aromatic heterocycles. The van der Waals surface area contributed by atoms with E-state index in [2.05, 4.69) is 9.46 Å². The van der Waals surface area contributed by atoms with E-state index in [1.165, 1.54) is 7.11 Å². The lowest BCUT2D eigenvalue weighted by molar-refractivity contribution is -0.140. The van der Waals surface area contributed by atoms with Gasteiger partial charge in [-0.25, -0.2) is 8.42 Å². The minimum absolute atomic E-state index is 0.188. The SMILES string of the molecule is COC(=O)CCS(=O)(=O)Nc1cc(N)c(C)cc1C. The van der Waals surface area contributed by atoms with E-state index < -0.39 is 16.0 Å². The quantitative estimate of drug-likeness (QED) is 0.626. The van der Waals surface area contributed by atoms with E-state index in [1.807, 2.05) is 6.92 Å². The van der Waals surface area contributed by atoms with Crippen LogP contribution in [0.5, 0.6) is 0 Å². The Bertz CT molecular complexity index is 582. The average Bonchev–Trinajstić information content (AvgIpc) is 2.33. The maximum Gasteiger partial charge on any atom is 0.306 e. The summed E-state index contributed by atoms with van der Waals surface area (Å²) >= 11 is 0. The molecule has 0 bridgehead atoms. The van der Waals surface area contributed by atoms with E-state index >= 15 is 0 Å². The van der Waals surface area contributed by atoms with Gasteiger partial charge in [0.2, 0.25) is 10.0 Å². The lowest BCUT2D eigenvalue weighted by Crippen LogP contribution is -2.20. The van der Waals surface area contributed by atoms with E-state index in [0.717, 1.165) is 11.1 Å². The molecule has 0 saturated carbocycles. The molecule has 7 heteroatoms. The Balaban J connectivity index is 2.84. The Morgan fingerprint density at radius 3 is 2.53 bits per heavy atom. The summed E-state index contributed by atoms with van der Waals surface area (Å²) in [6.07, 6.45) is -0.188. The highest BCUT2D eigenvalue weighted by Crippen LogP contribution is 2.23. The van der Waals surface area contributed by atoms with Gasteiger partial charge in [-0.2, -0.15) is 0 Å². The summed E-state index contributed by atoms with van der Waals surface area (Å²) in [5.74, 6) is -0.891. The van der Waals surface area contributed by atoms with Crippen LogP contribution in [0.15, 0.2) is 12.1 Å². The normalized spacial score (nSPS) is 11.1. The van der Waals surface area contributed by atoms with Crippen molar-refractivity contribution < 1.29 is 17.9 Å². The van der Waals surface area contributed by atoms with Crippen LogP contribution in [-0.4, -0.2) is 27.2 Å². The van der Waals surface area contributed by atoms with Crippen molar-refractivity contribution in [2.24, 2.45) is 0 Å². The molecule has 0 aliphatic heterocycles. The van der Waals surface area contributed by atoms with Gasteiger partial charge in [0, 0.05) is 5.69 Å². The summed E-state index contributed by atoms with van der Waals surface area (Å²) in [5, 5.41) is 0. The van der Waals surface area contributed by atoms with E-state index in [1.54, 1.807) is 19.1 Å². The van der Waals surface area contributed by atoms with Crippen molar-refractivity contribution in [3.05, 3.63) is 23.3 Å². The topological polar surface area (TPSA) is 98.5 Å². The fourth-order valence-corrected chi connectivity index (χ4v) is 2.61. The number of hydrogen-bond donors (Lipinski definition) is 2. The number of nitrogen functional groups attached to an aromatic ring is 1. The van der Waals surface area contributed by atoms with E-state index in [4.69, 9.17) is 5.73 Å². The predicted octanol–water partition coefficient (Wildman–Crippen LogP) is 1.19. The number of hydrogen-bond acceptors (Lipinski definition) is 5. The second-order valence-electron chi connectivity index (χ2n) is 4.27. The molecule has 0 spiro atoms. The fourth-order valence-electron chi connectivity index (χ4n) is 1.52. The van der Waals surface area contributed by atoms with Crippen LogP contribution in [0, 0.1) is 13.8 Å². The van der Waals surface area contributed by atoms with Gasteiger partial charge in [-0.05, 0) is 31.0 Å². The van der Waals surface area contributed by atoms with E-state index in [0.29, 0.717) is 11.4 Å². The number of esters is 1. The Morgan fingerprint density at radius 1 is 1.32 bits per heavy atom. The molecule has 106 valence electrons. The Morgan fingerprint density at radius 2 is 1.95 bits per heavy atom. The predicted molar refractivity (Wildman–Crippen MR) is 74.4 cm³/mol. The molecule has 1 rings (SSSR count). The van der Waals surface area contributed by atoms with Crippen molar-refractivity contribution in [1.29, 1.82) is 0 Å². The third kappa shape index (κ3) is 4.44. The maximum atomic E-state index is 11.8. The summed E-state index contributed by atoms with van der Waals surface area (Å²) in [6.45, 7) is 3.63. The Labute approximate surface area is 113 Å². The number of sulfonamides is 1. The standard InChI is InChI=1S/C12H18N2O4S/c1-8-6-9(2)11(7-10(8)13)14-19(16,17)5-4-12(15)18-3/h6-7,14H,4-5,13H2,1-3H3. The zero-order valence-corrected chi connectivity index (χ0v) is 12.0. The number of rotatable bonds is 5. The number of carbonyl (C=O) groups excluding carboxylic acids is 1. The van der Waals surface area contributed by atoms with Crippen LogP contribution >= 0.6 is 0 Å². The van der Waals surface area contributed by atoms with Crippen LogP contribution in [0.25, 0.3) is 0 Å². The lowest BCUT2D eigenvalue weighted by atomic mass is 10.1. The van der Waals surface area contributed by atoms with Crippen LogP contribution in [-0.2, 0) is 19.6 Å². The number of benzene rings is 1. The zero-order chi connectivity index (χ0) is 14.6. The van der Waals surface area contributed by atoms with Crippen molar-refractivity contribution in [3.63, 3.8) is 0 Å². The van der Waals surface area contributed by atoms with Crippen molar-refractivity contribution in [2.45, 2.75) is 20.3 Å². The summed E-state index contributed by atoms with van der Waals surface area (Å²) in [7, 11) is -2.38. The van der Waals surface area contributed by atoms with Gasteiger partial charge in [-0.1, -0.05) is 6.07 Å². The number of anilines is 2. The lowest BCUT2D eigenvalue weighted by Gasteiger charge is -2.12. The number of methoxy groups -OCH3 is 1. The highest BCUT2D eigenvalue weighted by Gasteiger charge is 2.15. The third-order valence-corrected chi connectivity index (χ3v) is 3.95. The minimum Gasteiger partial charge on any atom is -0.469 e. The van der Waals surface area contributed by atoms with Crippen LogP contribution in [0.3, 0.4) is 0 Å². The van der Waals surface area contributed by atoms with Gasteiger partial charge in [0.05, 0.1) is 25.0 Å². The molecule has 6 nitrogen and oxygen atoms in total. The van der Waals surface area contributed by atoms with Gasteiger partial charge in [0.15, 0.2) is 0 Å². The Hall–Kier alpha value is -1.76. The number of aryl methyl sites for hydroxylation is 2. The highest BCUT2D eigenvalue weighted by atomic mass is 32.2. The van der Waals surface area contributed by atoms with Crippen LogP contribution < -0.4 is 10.5 Å². The minimum atomic E-state index is -3.60. The molecule has 0 atom stereocenters. The van der Waals surface area contributed by atoms with Gasteiger partial charge >= 0.3 is 5.97 Å². The zero-order valence-electron chi connectivity index (χ0n) is 11.2. The third-order valence-electron chi connectivity index (χ3n) is 2.68. The first-order valence-electron chi connectivity index (χ1n) is 5.69. The molecule has 0 unspecified atom stereocenters. The number of carbonyl (C=O) groups is 1. The van der Waals surface area contributed by atoms with Crippen LogP contribution in [0.4, 0.5) is 11.4 Å². The molecule has 1 aromatic rings. The van der Waals surface area contributed by atoms with E-state index in [9.17, 15) is 13.2 Å². The van der Waals surface area contributed by atoms with Crippen LogP contribution in [0.1, 0.15) is 17.5 Å². The first-order valence-corrected chi connectivity index (χ1v) is 7.34. The molecule has 0 radical (unpaired) electrons. The fraction of sp³-hybridized carbons (Fsp3) is 0.417. The van der Waals surface area contributed by atoms with Gasteiger partial charge < -0.3 is 10.5 Å². The van der Waals surface area contributed by atoms with Gasteiger partial charge in [-0.15, -0.1) is 0 Å². The molecule has 0 fully saturated rings. The van der Waals surface area contributed by atoms with Crippen molar-refractivity contribution in [2.75, 3.05) is 23.3 Å². The smallest absolute Gasteiger partial charge is 0.306 e. The molecule has 3 N–H and O–H groups in total. The molecule has 0 amide bonds. The summed E-state index contributed by atoms with van der Waals surface area (Å²) in [4.78, 5) is 10.9. The summed E-state index contributed by atoms with van der Waals surface area (Å²) in [5.41, 5.74) is 8.33. The molecule has 19 heavy (non-hydrogen) atoms. The molecular weight excluding hydrogens is 268 g/mol. The highest BCUT2D eigenvalue weighted by molar-refractivity contribution is 7.92. The van der Waals surface area contributed by atoms with Crippen LogP contribution in [0.2, 0.25) is 0 Å². The van der Waals surface area contributed by atoms with Gasteiger partial charge in [0.1, 0.15) is 0 Å². The first-order chi connectivity index (χ1) is 8.75. The maximum absolute atomic E-state index is 11.8. The molecular formula is C12H18N2O4S. The van der Waals surface area contributed by atoms with Crippen molar-refractivity contribution in [3.8, 4) is 0 Å². The first kappa shape index (κ1) is 15.3. The number of ether oxygens (including phenoxy) is 1. The molecule has 0 heterocycles. The van der Waals surface area contributed by atoms with E-state index in [-0.39, 0.29) is 12.2 Å².